The Morgan fingerprint density at radius 2 is 2.50 bits per heavy atom. The van der Waals surface area contributed by atoms with Crippen LogP contribution in [-0.4, -0.2) is 11.6 Å². The van der Waals surface area contributed by atoms with Crippen LogP contribution in [0.25, 0.3) is 0 Å². The molecule has 1 aliphatic rings. The van der Waals surface area contributed by atoms with Crippen molar-refractivity contribution in [1.29, 1.82) is 5.26 Å². The third-order valence-electron chi connectivity index (χ3n) is 1.95. The topological polar surface area (TPSA) is 45.9 Å². The Morgan fingerprint density at radius 1 is 1.57 bits per heavy atom. The molecule has 68 valence electrons. The zero-order chi connectivity index (χ0) is 9.80. The van der Waals surface area contributed by atoms with Gasteiger partial charge in [-0.25, -0.2) is 4.98 Å². The van der Waals surface area contributed by atoms with Gasteiger partial charge in [0.1, 0.15) is 17.9 Å². The summed E-state index contributed by atoms with van der Waals surface area (Å²) >= 11 is 0. The first-order valence-electron chi connectivity index (χ1n) is 4.36. The Morgan fingerprint density at radius 3 is 3.07 bits per heavy atom. The minimum atomic E-state index is -0.177. The Balaban J connectivity index is 2.23. The van der Waals surface area contributed by atoms with Crippen molar-refractivity contribution in [3.8, 4) is 17.9 Å². The molecule has 3 nitrogen and oxygen atoms in total. The lowest BCUT2D eigenvalue weighted by Gasteiger charge is -2.14. The van der Waals surface area contributed by atoms with E-state index in [0.717, 1.165) is 12.0 Å². The van der Waals surface area contributed by atoms with Gasteiger partial charge < -0.3 is 4.74 Å². The van der Waals surface area contributed by atoms with Crippen LogP contribution >= 0.6 is 0 Å². The molecule has 0 N–H and O–H groups in total. The lowest BCUT2D eigenvalue weighted by molar-refractivity contribution is 0.0906. The first kappa shape index (κ1) is 8.74. The molecule has 0 radical (unpaired) electrons. The van der Waals surface area contributed by atoms with Crippen molar-refractivity contribution >= 4 is 0 Å². The summed E-state index contributed by atoms with van der Waals surface area (Å²) < 4.78 is 5.44. The van der Waals surface area contributed by atoms with E-state index in [2.05, 4.69) is 16.8 Å². The van der Waals surface area contributed by atoms with Gasteiger partial charge in [-0.05, 0) is 6.07 Å². The van der Waals surface area contributed by atoms with E-state index in [9.17, 15) is 0 Å². The fourth-order valence-corrected chi connectivity index (χ4v) is 1.24. The third-order valence-corrected chi connectivity index (χ3v) is 1.95. The number of aromatic nitrogens is 1. The van der Waals surface area contributed by atoms with Gasteiger partial charge in [0.25, 0.3) is 0 Å². The maximum Gasteiger partial charge on any atom is 0.144 e. The highest BCUT2D eigenvalue weighted by atomic mass is 16.5. The normalized spacial score (nSPS) is 19.2. The predicted octanol–water partition coefficient (Wildman–Crippen LogP) is 1.42. The van der Waals surface area contributed by atoms with Crippen LogP contribution in [0.5, 0.6) is 0 Å². The van der Waals surface area contributed by atoms with Crippen LogP contribution in [0.2, 0.25) is 0 Å². The number of pyridine rings is 1. The standard InChI is InChI=1S/C11H8N2O/c12-7-10-5-4-9(8-13-10)11-3-1-2-6-14-11/h4-5,8,11H,2,6H2. The summed E-state index contributed by atoms with van der Waals surface area (Å²) in [7, 11) is 0. The molecule has 0 saturated carbocycles. The molecule has 0 amide bonds. The highest BCUT2D eigenvalue weighted by molar-refractivity contribution is 5.28. The van der Waals surface area contributed by atoms with Crippen LogP contribution < -0.4 is 0 Å². The Hall–Kier alpha value is -1.84. The average Bonchev–Trinajstić information content (AvgIpc) is 2.30. The summed E-state index contributed by atoms with van der Waals surface area (Å²) in [4.78, 5) is 3.96. The fourth-order valence-electron chi connectivity index (χ4n) is 1.24. The van der Waals surface area contributed by atoms with Gasteiger partial charge in [-0.2, -0.15) is 5.26 Å². The van der Waals surface area contributed by atoms with E-state index in [1.165, 1.54) is 0 Å². The second kappa shape index (κ2) is 3.91. The van der Waals surface area contributed by atoms with Crippen LogP contribution in [0.15, 0.2) is 18.3 Å². The van der Waals surface area contributed by atoms with Crippen LogP contribution in [0.1, 0.15) is 23.8 Å². The minimum absolute atomic E-state index is 0.177. The zero-order valence-electron chi connectivity index (χ0n) is 7.53. The lowest BCUT2D eigenvalue weighted by atomic mass is 10.1. The number of nitriles is 1. The van der Waals surface area contributed by atoms with E-state index < -0.39 is 0 Å². The fraction of sp³-hybridized carbons (Fsp3) is 0.273. The van der Waals surface area contributed by atoms with E-state index in [0.29, 0.717) is 12.3 Å². The maximum atomic E-state index is 8.57. The SMILES string of the molecule is N#Cc1ccc(C2C#CCCO2)cn1. The largest absolute Gasteiger partial charge is 0.360 e. The zero-order valence-corrected chi connectivity index (χ0v) is 7.53. The highest BCUT2D eigenvalue weighted by Gasteiger charge is 2.11. The summed E-state index contributed by atoms with van der Waals surface area (Å²) in [5.74, 6) is 5.97. The van der Waals surface area contributed by atoms with Gasteiger partial charge in [0.15, 0.2) is 0 Å². The van der Waals surface area contributed by atoms with E-state index in [1.807, 2.05) is 12.1 Å². The van der Waals surface area contributed by atoms with Gasteiger partial charge >= 0.3 is 0 Å². The van der Waals surface area contributed by atoms with Gasteiger partial charge in [-0.3, -0.25) is 0 Å². The molecule has 2 heterocycles. The van der Waals surface area contributed by atoms with Crippen LogP contribution in [0, 0.1) is 23.2 Å². The van der Waals surface area contributed by atoms with Crippen molar-refractivity contribution in [3.63, 3.8) is 0 Å². The number of ether oxygens (including phenoxy) is 1. The molecule has 1 aliphatic heterocycles. The van der Waals surface area contributed by atoms with Gasteiger partial charge in [0.05, 0.1) is 6.61 Å². The second-order valence-corrected chi connectivity index (χ2v) is 2.91. The van der Waals surface area contributed by atoms with Crippen molar-refractivity contribution < 1.29 is 4.74 Å². The molecule has 0 aliphatic carbocycles. The first-order chi connectivity index (χ1) is 6.90. The van der Waals surface area contributed by atoms with Gasteiger partial charge in [0.2, 0.25) is 0 Å². The molecular weight excluding hydrogens is 176 g/mol. The first-order valence-corrected chi connectivity index (χ1v) is 4.36. The monoisotopic (exact) mass is 184 g/mol. The minimum Gasteiger partial charge on any atom is -0.360 e. The molecule has 2 rings (SSSR count). The molecule has 14 heavy (non-hydrogen) atoms. The molecule has 0 fully saturated rings. The number of hydrogen-bond donors (Lipinski definition) is 0. The summed E-state index contributed by atoms with van der Waals surface area (Å²) in [5, 5.41) is 8.57. The number of nitrogens with zero attached hydrogens (tertiary/aromatic N) is 2. The number of hydrogen-bond acceptors (Lipinski definition) is 3. The van der Waals surface area contributed by atoms with Crippen molar-refractivity contribution in [2.24, 2.45) is 0 Å². The molecule has 1 atom stereocenters. The molecule has 0 bridgehead atoms. The smallest absolute Gasteiger partial charge is 0.144 e. The van der Waals surface area contributed by atoms with E-state index in [-0.39, 0.29) is 6.10 Å². The average molecular weight is 184 g/mol. The lowest BCUT2D eigenvalue weighted by Crippen LogP contribution is -2.07. The summed E-state index contributed by atoms with van der Waals surface area (Å²) in [6.45, 7) is 0.664. The Labute approximate surface area is 82.3 Å². The van der Waals surface area contributed by atoms with Gasteiger partial charge in [-0.15, -0.1) is 0 Å². The Kier molecular flexibility index (Phi) is 2.44. The quantitative estimate of drug-likeness (QED) is 0.620. The van der Waals surface area contributed by atoms with E-state index in [4.69, 9.17) is 10.00 Å². The van der Waals surface area contributed by atoms with Crippen LogP contribution in [0.4, 0.5) is 0 Å². The molecular formula is C11H8N2O. The molecule has 3 heteroatoms. The molecule has 1 aromatic heterocycles. The summed E-state index contributed by atoms with van der Waals surface area (Å²) in [6, 6.07) is 5.47. The van der Waals surface area contributed by atoms with Crippen molar-refractivity contribution in [2.75, 3.05) is 6.61 Å². The second-order valence-electron chi connectivity index (χ2n) is 2.91. The highest BCUT2D eigenvalue weighted by Crippen LogP contribution is 2.17. The van der Waals surface area contributed by atoms with Crippen molar-refractivity contribution in [2.45, 2.75) is 12.5 Å². The summed E-state index contributed by atoms with van der Waals surface area (Å²) in [6.07, 6.45) is 2.26. The van der Waals surface area contributed by atoms with Gasteiger partial charge in [-0.1, -0.05) is 17.9 Å². The summed E-state index contributed by atoms with van der Waals surface area (Å²) in [5.41, 5.74) is 1.33. The molecule has 0 spiro atoms. The van der Waals surface area contributed by atoms with Crippen LogP contribution in [-0.2, 0) is 4.74 Å². The van der Waals surface area contributed by atoms with Crippen molar-refractivity contribution in [3.05, 3.63) is 29.6 Å². The third kappa shape index (κ3) is 1.74. The van der Waals surface area contributed by atoms with E-state index >= 15 is 0 Å². The molecule has 0 saturated heterocycles. The van der Waals surface area contributed by atoms with E-state index in [1.54, 1.807) is 12.3 Å². The molecule has 1 unspecified atom stereocenters. The molecule has 1 aromatic rings. The molecule has 0 aromatic carbocycles. The van der Waals surface area contributed by atoms with Crippen LogP contribution in [0.3, 0.4) is 0 Å². The maximum absolute atomic E-state index is 8.57. The Bertz CT molecular complexity index is 419. The number of rotatable bonds is 1. The predicted molar refractivity (Wildman–Crippen MR) is 50.0 cm³/mol. The van der Waals surface area contributed by atoms with Gasteiger partial charge in [0, 0.05) is 18.2 Å². The van der Waals surface area contributed by atoms with Crippen molar-refractivity contribution in [1.82, 2.24) is 4.98 Å².